The number of benzene rings is 1. The van der Waals surface area contributed by atoms with Crippen LogP contribution in [-0.4, -0.2) is 19.9 Å². The average Bonchev–Trinajstić information content (AvgIpc) is 3.43. The van der Waals surface area contributed by atoms with Gasteiger partial charge in [0.15, 0.2) is 0 Å². The van der Waals surface area contributed by atoms with Crippen molar-refractivity contribution >= 4 is 0 Å². The summed E-state index contributed by atoms with van der Waals surface area (Å²) in [7, 11) is 0. The van der Waals surface area contributed by atoms with E-state index in [0.29, 0.717) is 6.04 Å². The van der Waals surface area contributed by atoms with Gasteiger partial charge in [0.1, 0.15) is 0 Å². The molecule has 1 aliphatic carbocycles. The molecular formula is C29H33N5. The number of H-pyrrole nitrogens is 1. The molecule has 5 nitrogen and oxygen atoms in total. The van der Waals surface area contributed by atoms with Crippen molar-refractivity contribution in [1.82, 2.24) is 25.2 Å². The molecule has 2 unspecified atom stereocenters. The molecule has 0 fully saturated rings. The Hall–Kier alpha value is -3.28. The first-order valence-electron chi connectivity index (χ1n) is 12.3. The van der Waals surface area contributed by atoms with Crippen LogP contribution < -0.4 is 5.32 Å². The van der Waals surface area contributed by atoms with Crippen LogP contribution in [0.2, 0.25) is 0 Å². The molecule has 0 bridgehead atoms. The topological polar surface area (TPSA) is 56.8 Å². The zero-order chi connectivity index (χ0) is 23.2. The number of rotatable bonds is 9. The van der Waals surface area contributed by atoms with E-state index in [4.69, 9.17) is 4.98 Å². The molecule has 2 N–H and O–H groups in total. The Balaban J connectivity index is 1.31. The van der Waals surface area contributed by atoms with Crippen LogP contribution in [0.3, 0.4) is 0 Å². The first-order chi connectivity index (χ1) is 16.8. The van der Waals surface area contributed by atoms with Crippen molar-refractivity contribution in [2.75, 3.05) is 0 Å². The fraction of sp³-hybridized carbons (Fsp3) is 0.310. The molecule has 4 aromatic rings. The summed E-state index contributed by atoms with van der Waals surface area (Å²) in [6.45, 7) is 4.80. The molecule has 0 aliphatic heterocycles. The van der Waals surface area contributed by atoms with Gasteiger partial charge in [0.2, 0.25) is 0 Å². The minimum atomic E-state index is 0.271. The highest BCUT2D eigenvalue weighted by atomic mass is 15.2. The lowest BCUT2D eigenvalue weighted by molar-refractivity contribution is 0.114. The van der Waals surface area contributed by atoms with Gasteiger partial charge in [-0.1, -0.05) is 36.4 Å². The Bertz CT molecular complexity index is 1150. The molecule has 1 aliphatic rings. The van der Waals surface area contributed by atoms with Gasteiger partial charge in [-0.2, -0.15) is 0 Å². The van der Waals surface area contributed by atoms with Gasteiger partial charge in [-0.3, -0.25) is 14.9 Å². The molecule has 0 saturated carbocycles. The lowest BCUT2D eigenvalue weighted by Crippen LogP contribution is -2.34. The van der Waals surface area contributed by atoms with E-state index in [1.165, 1.54) is 34.5 Å². The monoisotopic (exact) mass is 451 g/mol. The van der Waals surface area contributed by atoms with Crippen molar-refractivity contribution in [3.8, 4) is 0 Å². The minimum absolute atomic E-state index is 0.271. The van der Waals surface area contributed by atoms with Crippen LogP contribution in [0.15, 0.2) is 85.3 Å². The number of aromatic amines is 1. The number of aryl methyl sites for hydroxylation is 1. The Kier molecular flexibility index (Phi) is 7.13. The maximum atomic E-state index is 4.83. The van der Waals surface area contributed by atoms with E-state index in [9.17, 15) is 0 Å². The molecule has 3 heterocycles. The first kappa shape index (κ1) is 22.5. The third kappa shape index (κ3) is 5.27. The smallest absolute Gasteiger partial charge is 0.0607 e. The minimum Gasteiger partial charge on any atom is -0.364 e. The van der Waals surface area contributed by atoms with E-state index >= 15 is 0 Å². The van der Waals surface area contributed by atoms with E-state index < -0.39 is 0 Å². The van der Waals surface area contributed by atoms with Crippen LogP contribution >= 0.6 is 0 Å². The van der Waals surface area contributed by atoms with Crippen molar-refractivity contribution in [1.29, 1.82) is 0 Å². The van der Waals surface area contributed by atoms with Crippen molar-refractivity contribution < 1.29 is 0 Å². The van der Waals surface area contributed by atoms with E-state index in [-0.39, 0.29) is 6.04 Å². The summed E-state index contributed by atoms with van der Waals surface area (Å²) in [5.74, 6) is 0. The number of hydrogen-bond donors (Lipinski definition) is 2. The number of nitrogens with zero attached hydrogens (tertiary/aromatic N) is 3. The zero-order valence-corrected chi connectivity index (χ0v) is 19.8. The van der Waals surface area contributed by atoms with Crippen molar-refractivity contribution in [2.24, 2.45) is 0 Å². The maximum absolute atomic E-state index is 4.83. The molecule has 1 aromatic carbocycles. The second kappa shape index (κ2) is 10.8. The van der Waals surface area contributed by atoms with E-state index in [0.717, 1.165) is 38.2 Å². The van der Waals surface area contributed by atoms with Crippen LogP contribution in [0.5, 0.6) is 0 Å². The summed E-state index contributed by atoms with van der Waals surface area (Å²) < 4.78 is 0. The molecule has 5 rings (SSSR count). The quantitative estimate of drug-likeness (QED) is 0.341. The van der Waals surface area contributed by atoms with Gasteiger partial charge >= 0.3 is 0 Å². The van der Waals surface area contributed by atoms with Gasteiger partial charge in [0.05, 0.1) is 17.4 Å². The van der Waals surface area contributed by atoms with Crippen LogP contribution in [0.1, 0.15) is 65.6 Å². The summed E-state index contributed by atoms with van der Waals surface area (Å²) in [5, 5.41) is 3.49. The first-order valence-corrected chi connectivity index (χ1v) is 12.3. The van der Waals surface area contributed by atoms with Gasteiger partial charge in [0.25, 0.3) is 0 Å². The second-order valence-electron chi connectivity index (χ2n) is 9.17. The molecule has 174 valence electrons. The SMILES string of the molecule is CC(c1ccc[nH]1)N(Cc1ccc(CNCc2ccccn2)cc1)C1CCCc2cccnc21. The maximum Gasteiger partial charge on any atom is 0.0607 e. The lowest BCUT2D eigenvalue weighted by atomic mass is 9.89. The molecule has 0 saturated heterocycles. The van der Waals surface area contributed by atoms with Crippen molar-refractivity contribution in [2.45, 2.75) is 57.9 Å². The van der Waals surface area contributed by atoms with Gasteiger partial charge < -0.3 is 10.3 Å². The van der Waals surface area contributed by atoms with E-state index in [1.54, 1.807) is 0 Å². The summed E-state index contributed by atoms with van der Waals surface area (Å²) >= 11 is 0. The highest BCUT2D eigenvalue weighted by molar-refractivity contribution is 5.28. The Morgan fingerprint density at radius 2 is 1.79 bits per heavy atom. The molecule has 3 aromatic heterocycles. The highest BCUT2D eigenvalue weighted by Gasteiger charge is 2.31. The summed E-state index contributed by atoms with van der Waals surface area (Å²) in [4.78, 5) is 15.3. The molecule has 0 amide bonds. The number of hydrogen-bond acceptors (Lipinski definition) is 4. The van der Waals surface area contributed by atoms with Crippen LogP contribution in [0, 0.1) is 0 Å². The predicted molar refractivity (Wildman–Crippen MR) is 136 cm³/mol. The van der Waals surface area contributed by atoms with E-state index in [2.05, 4.69) is 75.6 Å². The van der Waals surface area contributed by atoms with Gasteiger partial charge in [-0.05, 0) is 73.2 Å². The second-order valence-corrected chi connectivity index (χ2v) is 9.17. The average molecular weight is 452 g/mol. The number of aromatic nitrogens is 3. The fourth-order valence-electron chi connectivity index (χ4n) is 5.02. The molecule has 2 atom stereocenters. The van der Waals surface area contributed by atoms with Crippen LogP contribution in [0.4, 0.5) is 0 Å². The number of pyridine rings is 2. The Morgan fingerprint density at radius 1 is 0.941 bits per heavy atom. The summed E-state index contributed by atoms with van der Waals surface area (Å²) in [6, 6.07) is 24.2. The van der Waals surface area contributed by atoms with Gasteiger partial charge in [0, 0.05) is 50.0 Å². The highest BCUT2D eigenvalue weighted by Crippen LogP contribution is 2.38. The standard InChI is InChI=1S/C29H33N5/c1-22(27-10-6-17-32-27)34(28-11-4-7-25-8-5-18-33-29(25)28)21-24-14-12-23(13-15-24)19-30-20-26-9-2-3-16-31-26/h2-3,5-6,8-10,12-18,22,28,30,32H,4,7,11,19-21H2,1H3. The normalized spacial score (nSPS) is 16.4. The fourth-order valence-corrected chi connectivity index (χ4v) is 5.02. The molecular weight excluding hydrogens is 418 g/mol. The molecule has 34 heavy (non-hydrogen) atoms. The summed E-state index contributed by atoms with van der Waals surface area (Å²) in [5.41, 5.74) is 7.58. The summed E-state index contributed by atoms with van der Waals surface area (Å²) in [6.07, 6.45) is 9.28. The largest absolute Gasteiger partial charge is 0.364 e. The number of fused-ring (bicyclic) bond motifs is 1. The van der Waals surface area contributed by atoms with Gasteiger partial charge in [-0.15, -0.1) is 0 Å². The Morgan fingerprint density at radius 3 is 2.59 bits per heavy atom. The third-order valence-electron chi connectivity index (χ3n) is 6.88. The molecule has 5 heteroatoms. The number of nitrogens with one attached hydrogen (secondary N) is 2. The van der Waals surface area contributed by atoms with Crippen LogP contribution in [-0.2, 0) is 26.1 Å². The lowest BCUT2D eigenvalue weighted by Gasteiger charge is -2.38. The molecule has 0 radical (unpaired) electrons. The van der Waals surface area contributed by atoms with Gasteiger partial charge in [-0.25, -0.2) is 0 Å². The van der Waals surface area contributed by atoms with Crippen molar-refractivity contribution in [3.05, 3.63) is 119 Å². The third-order valence-corrected chi connectivity index (χ3v) is 6.88. The molecule has 0 spiro atoms. The van der Waals surface area contributed by atoms with E-state index in [1.807, 2.05) is 36.8 Å². The Labute approximate surface area is 202 Å². The predicted octanol–water partition coefficient (Wildman–Crippen LogP) is 5.74. The zero-order valence-electron chi connectivity index (χ0n) is 19.8. The van der Waals surface area contributed by atoms with Crippen LogP contribution in [0.25, 0.3) is 0 Å². The van der Waals surface area contributed by atoms with Crippen molar-refractivity contribution in [3.63, 3.8) is 0 Å².